The molecule has 0 bridgehead atoms. The zero-order chi connectivity index (χ0) is 19.5. The summed E-state index contributed by atoms with van der Waals surface area (Å²) >= 11 is 0. The number of anilines is 1. The second-order valence-electron chi connectivity index (χ2n) is 6.46. The fraction of sp³-hybridized carbons (Fsp3) is 0.316. The average molecular weight is 380 g/mol. The standard InChI is InChI=1S/C19H20N6O3/c1-2-23-9-11-24(12-10-23)18-17(25(26)27)19(22-13-21-18)28-15-7-3-5-14-6-4-8-20-16(14)15/h3-8,13H,2,9-12H2,1H3. The van der Waals surface area contributed by atoms with Crippen LogP contribution in [0.3, 0.4) is 0 Å². The third kappa shape index (κ3) is 3.44. The van der Waals surface area contributed by atoms with Crippen molar-refractivity contribution in [2.24, 2.45) is 0 Å². The number of hydrogen-bond acceptors (Lipinski definition) is 8. The Labute approximate surface area is 161 Å². The van der Waals surface area contributed by atoms with E-state index in [2.05, 4.69) is 26.8 Å². The van der Waals surface area contributed by atoms with Crippen LogP contribution in [0.5, 0.6) is 11.6 Å². The number of para-hydroxylation sites is 1. The van der Waals surface area contributed by atoms with Crippen LogP contribution in [0.2, 0.25) is 0 Å². The van der Waals surface area contributed by atoms with Crippen LogP contribution in [0.4, 0.5) is 11.5 Å². The SMILES string of the molecule is CCN1CCN(c2ncnc(Oc3cccc4cccnc34)c2[N+](=O)[O-])CC1. The highest BCUT2D eigenvalue weighted by atomic mass is 16.6. The summed E-state index contributed by atoms with van der Waals surface area (Å²) in [7, 11) is 0. The van der Waals surface area contributed by atoms with Gasteiger partial charge in [-0.05, 0) is 18.7 Å². The van der Waals surface area contributed by atoms with Crippen LogP contribution < -0.4 is 9.64 Å². The summed E-state index contributed by atoms with van der Waals surface area (Å²) in [4.78, 5) is 28.2. The minimum atomic E-state index is -0.477. The number of hydrogen-bond donors (Lipinski definition) is 0. The molecule has 2 aromatic heterocycles. The highest BCUT2D eigenvalue weighted by Crippen LogP contribution is 2.37. The quantitative estimate of drug-likeness (QED) is 0.492. The minimum Gasteiger partial charge on any atom is -0.431 e. The maximum absolute atomic E-state index is 11.9. The number of ether oxygens (including phenoxy) is 1. The summed E-state index contributed by atoms with van der Waals surface area (Å²) in [5.74, 6) is 0.631. The normalized spacial score (nSPS) is 15.0. The molecular weight excluding hydrogens is 360 g/mol. The lowest BCUT2D eigenvalue weighted by Gasteiger charge is -2.34. The second-order valence-corrected chi connectivity index (χ2v) is 6.46. The molecular formula is C19H20N6O3. The van der Waals surface area contributed by atoms with Crippen molar-refractivity contribution in [1.29, 1.82) is 0 Å². The van der Waals surface area contributed by atoms with E-state index in [9.17, 15) is 10.1 Å². The molecule has 0 spiro atoms. The zero-order valence-corrected chi connectivity index (χ0v) is 15.5. The van der Waals surface area contributed by atoms with Crippen molar-refractivity contribution in [3.05, 3.63) is 53.0 Å². The van der Waals surface area contributed by atoms with Gasteiger partial charge >= 0.3 is 11.6 Å². The summed E-state index contributed by atoms with van der Waals surface area (Å²) in [5.41, 5.74) is 0.399. The van der Waals surface area contributed by atoms with Crippen molar-refractivity contribution >= 4 is 22.4 Å². The second kappa shape index (κ2) is 7.73. The van der Waals surface area contributed by atoms with E-state index in [1.54, 1.807) is 12.3 Å². The molecule has 0 radical (unpaired) electrons. The van der Waals surface area contributed by atoms with Gasteiger partial charge < -0.3 is 14.5 Å². The van der Waals surface area contributed by atoms with Crippen LogP contribution in [0, 0.1) is 10.1 Å². The third-order valence-electron chi connectivity index (χ3n) is 4.87. The number of nitrogens with zero attached hydrogens (tertiary/aromatic N) is 6. The van der Waals surface area contributed by atoms with E-state index in [4.69, 9.17) is 4.74 Å². The minimum absolute atomic E-state index is 0.0777. The van der Waals surface area contributed by atoms with E-state index in [1.807, 2.05) is 29.2 Å². The fourth-order valence-electron chi connectivity index (χ4n) is 3.36. The van der Waals surface area contributed by atoms with Crippen molar-refractivity contribution in [3.8, 4) is 11.6 Å². The number of rotatable bonds is 5. The lowest BCUT2D eigenvalue weighted by molar-refractivity contribution is -0.385. The molecule has 0 amide bonds. The highest BCUT2D eigenvalue weighted by Gasteiger charge is 2.30. The molecule has 144 valence electrons. The van der Waals surface area contributed by atoms with Crippen molar-refractivity contribution in [2.75, 3.05) is 37.6 Å². The summed E-state index contributed by atoms with van der Waals surface area (Å²) < 4.78 is 5.87. The van der Waals surface area contributed by atoms with Crippen LogP contribution in [0.15, 0.2) is 42.9 Å². The van der Waals surface area contributed by atoms with Gasteiger partial charge in [0.1, 0.15) is 11.8 Å². The molecule has 0 atom stereocenters. The summed E-state index contributed by atoms with van der Waals surface area (Å²) in [5, 5.41) is 12.7. The molecule has 1 aliphatic rings. The van der Waals surface area contributed by atoms with Crippen molar-refractivity contribution in [2.45, 2.75) is 6.92 Å². The van der Waals surface area contributed by atoms with E-state index in [1.165, 1.54) is 6.33 Å². The largest absolute Gasteiger partial charge is 0.431 e. The van der Waals surface area contributed by atoms with Gasteiger partial charge in [-0.1, -0.05) is 25.1 Å². The third-order valence-corrected chi connectivity index (χ3v) is 4.87. The summed E-state index contributed by atoms with van der Waals surface area (Å²) in [6, 6.07) is 9.18. The van der Waals surface area contributed by atoms with Gasteiger partial charge in [-0.3, -0.25) is 15.1 Å². The van der Waals surface area contributed by atoms with Gasteiger partial charge in [0.15, 0.2) is 5.75 Å². The van der Waals surface area contributed by atoms with Crippen LogP contribution in [0.25, 0.3) is 10.9 Å². The number of pyridine rings is 1. The molecule has 1 fully saturated rings. The molecule has 4 rings (SSSR count). The van der Waals surface area contributed by atoms with Crippen LogP contribution in [0.1, 0.15) is 6.92 Å². The maximum Gasteiger partial charge on any atom is 0.373 e. The van der Waals surface area contributed by atoms with Crippen molar-refractivity contribution in [1.82, 2.24) is 19.9 Å². The first-order valence-electron chi connectivity index (χ1n) is 9.15. The Bertz CT molecular complexity index is 999. The molecule has 1 saturated heterocycles. The Morgan fingerprint density at radius 1 is 1.11 bits per heavy atom. The molecule has 1 aliphatic heterocycles. The van der Waals surface area contributed by atoms with Crippen LogP contribution in [-0.4, -0.2) is 57.5 Å². The first-order chi connectivity index (χ1) is 13.7. The molecule has 3 heterocycles. The first-order valence-corrected chi connectivity index (χ1v) is 9.15. The Morgan fingerprint density at radius 2 is 1.89 bits per heavy atom. The van der Waals surface area contributed by atoms with Gasteiger partial charge in [0.25, 0.3) is 0 Å². The van der Waals surface area contributed by atoms with Crippen molar-refractivity contribution < 1.29 is 9.66 Å². The highest BCUT2D eigenvalue weighted by molar-refractivity contribution is 5.84. The topological polar surface area (TPSA) is 97.5 Å². The van der Waals surface area contributed by atoms with E-state index in [0.29, 0.717) is 30.2 Å². The van der Waals surface area contributed by atoms with Gasteiger partial charge in [0, 0.05) is 37.8 Å². The van der Waals surface area contributed by atoms with E-state index in [0.717, 1.165) is 25.0 Å². The average Bonchev–Trinajstić information content (AvgIpc) is 2.74. The predicted molar refractivity (Wildman–Crippen MR) is 105 cm³/mol. The molecule has 0 N–H and O–H groups in total. The van der Waals surface area contributed by atoms with Gasteiger partial charge in [-0.2, -0.15) is 4.98 Å². The molecule has 9 nitrogen and oxygen atoms in total. The van der Waals surface area contributed by atoms with Gasteiger partial charge in [0.05, 0.1) is 4.92 Å². The lowest BCUT2D eigenvalue weighted by atomic mass is 10.2. The first kappa shape index (κ1) is 18.1. The number of aromatic nitrogens is 3. The van der Waals surface area contributed by atoms with Crippen LogP contribution >= 0.6 is 0 Å². The zero-order valence-electron chi connectivity index (χ0n) is 15.5. The van der Waals surface area contributed by atoms with Gasteiger partial charge in [-0.25, -0.2) is 4.98 Å². The molecule has 9 heteroatoms. The number of piperazine rings is 1. The Kier molecular flexibility index (Phi) is 4.98. The van der Waals surface area contributed by atoms with Crippen LogP contribution in [-0.2, 0) is 0 Å². The van der Waals surface area contributed by atoms with E-state index >= 15 is 0 Å². The summed E-state index contributed by atoms with van der Waals surface area (Å²) in [6.45, 7) is 6.07. The van der Waals surface area contributed by atoms with Gasteiger partial charge in [0.2, 0.25) is 5.82 Å². The molecule has 0 saturated carbocycles. The smallest absolute Gasteiger partial charge is 0.373 e. The number of fused-ring (bicyclic) bond motifs is 1. The Balaban J connectivity index is 1.71. The predicted octanol–water partition coefficient (Wildman–Crippen LogP) is 2.87. The Morgan fingerprint density at radius 3 is 2.64 bits per heavy atom. The Hall–Kier alpha value is -3.33. The summed E-state index contributed by atoms with van der Waals surface area (Å²) in [6.07, 6.45) is 2.96. The monoisotopic (exact) mass is 380 g/mol. The molecule has 28 heavy (non-hydrogen) atoms. The van der Waals surface area contributed by atoms with Gasteiger partial charge in [-0.15, -0.1) is 0 Å². The maximum atomic E-state index is 11.9. The molecule has 0 unspecified atom stereocenters. The van der Waals surface area contributed by atoms with E-state index in [-0.39, 0.29) is 11.6 Å². The number of likely N-dealkylation sites (N-methyl/N-ethyl adjacent to an activating group) is 1. The molecule has 0 aliphatic carbocycles. The molecule has 3 aromatic rings. The van der Waals surface area contributed by atoms with Crippen molar-refractivity contribution in [3.63, 3.8) is 0 Å². The number of benzene rings is 1. The fourth-order valence-corrected chi connectivity index (χ4v) is 3.36. The number of nitro groups is 1. The molecule has 1 aromatic carbocycles. The van der Waals surface area contributed by atoms with E-state index < -0.39 is 4.92 Å². The lowest BCUT2D eigenvalue weighted by Crippen LogP contribution is -2.46.